The quantitative estimate of drug-likeness (QED) is 0.776. The van der Waals surface area contributed by atoms with E-state index in [4.69, 9.17) is 18.0 Å². The number of nitrogens with two attached hydrogens (primary N) is 1. The molecule has 1 saturated heterocycles. The van der Waals surface area contributed by atoms with Gasteiger partial charge >= 0.3 is 0 Å². The first kappa shape index (κ1) is 16.6. The Bertz CT molecular complexity index is 516. The van der Waals surface area contributed by atoms with Gasteiger partial charge in [-0.3, -0.25) is 0 Å². The molecule has 1 heterocycles. The van der Waals surface area contributed by atoms with Crippen LogP contribution in [-0.2, 0) is 0 Å². The maximum absolute atomic E-state index is 14.2. The summed E-state index contributed by atoms with van der Waals surface area (Å²) in [4.78, 5) is 2.55. The molecule has 0 aliphatic carbocycles. The zero-order valence-corrected chi connectivity index (χ0v) is 14.6. The van der Waals surface area contributed by atoms with Crippen molar-refractivity contribution in [2.24, 2.45) is 11.7 Å². The average Bonchev–Trinajstić information content (AvgIpc) is 2.45. The average molecular weight is 374 g/mol. The van der Waals surface area contributed by atoms with E-state index in [-0.39, 0.29) is 10.8 Å². The summed E-state index contributed by atoms with van der Waals surface area (Å²) in [6.45, 7) is 3.10. The van der Waals surface area contributed by atoms with E-state index in [9.17, 15) is 4.39 Å². The van der Waals surface area contributed by atoms with Gasteiger partial charge in [0, 0.05) is 12.1 Å². The Kier molecular flexibility index (Phi) is 5.96. The molecule has 1 aliphatic heterocycles. The van der Waals surface area contributed by atoms with Gasteiger partial charge in [0.1, 0.15) is 4.99 Å². The number of hydrogen-bond acceptors (Lipinski definition) is 3. The van der Waals surface area contributed by atoms with E-state index in [2.05, 4.69) is 33.2 Å². The molecule has 0 saturated carbocycles. The van der Waals surface area contributed by atoms with Gasteiger partial charge in [-0.15, -0.1) is 0 Å². The summed E-state index contributed by atoms with van der Waals surface area (Å²) in [6, 6.07) is 3.44. The van der Waals surface area contributed by atoms with Crippen LogP contribution in [-0.4, -0.2) is 36.6 Å². The van der Waals surface area contributed by atoms with E-state index in [0.29, 0.717) is 15.7 Å². The maximum Gasteiger partial charge on any atom is 0.161 e. The molecule has 1 fully saturated rings. The lowest BCUT2D eigenvalue weighted by atomic mass is 9.94. The smallest absolute Gasteiger partial charge is 0.161 e. The highest BCUT2D eigenvalue weighted by Gasteiger charge is 2.17. The number of thiocarbonyl (C=S) groups is 1. The highest BCUT2D eigenvalue weighted by Crippen LogP contribution is 2.27. The van der Waals surface area contributed by atoms with Gasteiger partial charge in [0.25, 0.3) is 0 Å². The second-order valence-corrected chi connectivity index (χ2v) is 6.85. The van der Waals surface area contributed by atoms with Crippen LogP contribution < -0.4 is 11.1 Å². The van der Waals surface area contributed by atoms with Crippen LogP contribution in [0.4, 0.5) is 10.1 Å². The Morgan fingerprint density at radius 2 is 2.14 bits per heavy atom. The SMILES string of the molecule is CN1CCC(CCNc2ccc(C(N)=S)c(Br)c2F)CC1. The van der Waals surface area contributed by atoms with Crippen molar-refractivity contribution >= 4 is 38.8 Å². The van der Waals surface area contributed by atoms with E-state index >= 15 is 0 Å². The third-order valence-corrected chi connectivity index (χ3v) is 5.05. The molecule has 1 aromatic rings. The minimum atomic E-state index is -0.330. The summed E-state index contributed by atoms with van der Waals surface area (Å²) in [6.07, 6.45) is 3.53. The summed E-state index contributed by atoms with van der Waals surface area (Å²) in [5, 5.41) is 3.18. The summed E-state index contributed by atoms with van der Waals surface area (Å²) in [7, 11) is 2.16. The highest BCUT2D eigenvalue weighted by molar-refractivity contribution is 9.10. The fourth-order valence-corrected chi connectivity index (χ4v) is 3.50. The van der Waals surface area contributed by atoms with Gasteiger partial charge in [-0.1, -0.05) is 12.2 Å². The summed E-state index contributed by atoms with van der Waals surface area (Å²) >= 11 is 8.11. The van der Waals surface area contributed by atoms with Gasteiger partial charge in [0.2, 0.25) is 0 Å². The Labute approximate surface area is 139 Å². The van der Waals surface area contributed by atoms with E-state index in [1.807, 2.05) is 0 Å². The van der Waals surface area contributed by atoms with Crippen molar-refractivity contribution in [3.63, 3.8) is 0 Å². The van der Waals surface area contributed by atoms with Crippen LogP contribution in [0.3, 0.4) is 0 Å². The summed E-state index contributed by atoms with van der Waals surface area (Å²) in [5.74, 6) is 0.403. The molecule has 2 rings (SSSR count). The predicted octanol–water partition coefficient (Wildman–Crippen LogP) is 3.37. The Morgan fingerprint density at radius 1 is 1.48 bits per heavy atom. The lowest BCUT2D eigenvalue weighted by Crippen LogP contribution is -2.30. The minimum Gasteiger partial charge on any atom is -0.389 e. The van der Waals surface area contributed by atoms with Crippen molar-refractivity contribution in [2.45, 2.75) is 19.3 Å². The third-order valence-electron chi connectivity index (χ3n) is 4.05. The number of nitrogens with zero attached hydrogens (tertiary/aromatic N) is 1. The van der Waals surface area contributed by atoms with Gasteiger partial charge < -0.3 is 16.0 Å². The summed E-state index contributed by atoms with van der Waals surface area (Å²) in [5.41, 5.74) is 6.58. The van der Waals surface area contributed by atoms with E-state index in [0.717, 1.165) is 32.0 Å². The van der Waals surface area contributed by atoms with Gasteiger partial charge in [0.15, 0.2) is 5.82 Å². The van der Waals surface area contributed by atoms with Crippen molar-refractivity contribution in [3.05, 3.63) is 28.0 Å². The first-order chi connectivity index (χ1) is 9.99. The number of piperidine rings is 1. The molecule has 0 spiro atoms. The van der Waals surface area contributed by atoms with Crippen LogP contribution in [0.2, 0.25) is 0 Å². The fourth-order valence-electron chi connectivity index (χ4n) is 2.64. The first-order valence-corrected chi connectivity index (χ1v) is 8.39. The van der Waals surface area contributed by atoms with Crippen molar-refractivity contribution in [1.29, 1.82) is 0 Å². The number of rotatable bonds is 5. The molecule has 21 heavy (non-hydrogen) atoms. The molecule has 3 nitrogen and oxygen atoms in total. The lowest BCUT2D eigenvalue weighted by molar-refractivity contribution is 0.215. The molecule has 3 N–H and O–H groups in total. The van der Waals surface area contributed by atoms with Gasteiger partial charge in [-0.25, -0.2) is 4.39 Å². The number of anilines is 1. The molecule has 1 aliphatic rings. The normalized spacial score (nSPS) is 16.9. The van der Waals surface area contributed by atoms with E-state index < -0.39 is 0 Å². The van der Waals surface area contributed by atoms with Crippen molar-refractivity contribution in [3.8, 4) is 0 Å². The molecule has 116 valence electrons. The molecule has 1 aromatic carbocycles. The third kappa shape index (κ3) is 4.37. The number of hydrogen-bond donors (Lipinski definition) is 2. The van der Waals surface area contributed by atoms with Crippen LogP contribution in [0.25, 0.3) is 0 Å². The molecule has 0 aromatic heterocycles. The van der Waals surface area contributed by atoms with Crippen LogP contribution in [0.5, 0.6) is 0 Å². The van der Waals surface area contributed by atoms with Gasteiger partial charge in [-0.2, -0.15) is 0 Å². The van der Waals surface area contributed by atoms with E-state index in [1.54, 1.807) is 12.1 Å². The summed E-state index contributed by atoms with van der Waals surface area (Å²) < 4.78 is 14.5. The number of nitrogens with one attached hydrogen (secondary N) is 1. The zero-order chi connectivity index (χ0) is 15.4. The Balaban J connectivity index is 1.89. The highest BCUT2D eigenvalue weighted by atomic mass is 79.9. The number of benzene rings is 1. The number of likely N-dealkylation sites (tertiary alicyclic amines) is 1. The van der Waals surface area contributed by atoms with Crippen molar-refractivity contribution in [2.75, 3.05) is 32.0 Å². The monoisotopic (exact) mass is 373 g/mol. The molecule has 0 bridgehead atoms. The molecule has 6 heteroatoms. The van der Waals surface area contributed by atoms with Gasteiger partial charge in [0.05, 0.1) is 10.2 Å². The second kappa shape index (κ2) is 7.51. The number of halogens is 2. The molecule has 0 radical (unpaired) electrons. The Morgan fingerprint density at radius 3 is 2.76 bits per heavy atom. The van der Waals surface area contributed by atoms with Crippen LogP contribution in [0, 0.1) is 11.7 Å². The van der Waals surface area contributed by atoms with E-state index in [1.165, 1.54) is 12.8 Å². The molecular weight excluding hydrogens is 353 g/mol. The standard InChI is InChI=1S/C15H21BrFN3S/c1-20-8-5-10(6-9-20)4-7-19-12-3-2-11(15(18)21)13(16)14(12)17/h2-3,10,19H,4-9H2,1H3,(H2,18,21). The minimum absolute atomic E-state index is 0.193. The fraction of sp³-hybridized carbons (Fsp3) is 0.533. The lowest BCUT2D eigenvalue weighted by Gasteiger charge is -2.29. The predicted molar refractivity (Wildman–Crippen MR) is 93.3 cm³/mol. The van der Waals surface area contributed by atoms with Crippen LogP contribution >= 0.6 is 28.1 Å². The van der Waals surface area contributed by atoms with Crippen molar-refractivity contribution in [1.82, 2.24) is 4.90 Å². The van der Waals surface area contributed by atoms with Crippen LogP contribution in [0.1, 0.15) is 24.8 Å². The maximum atomic E-state index is 14.2. The zero-order valence-electron chi connectivity index (χ0n) is 12.2. The van der Waals surface area contributed by atoms with Crippen molar-refractivity contribution < 1.29 is 4.39 Å². The molecule has 0 amide bonds. The van der Waals surface area contributed by atoms with Gasteiger partial charge in [-0.05, 0) is 73.4 Å². The Hall–Kier alpha value is -0.720. The molecular formula is C15H21BrFN3S. The molecule has 0 unspecified atom stereocenters. The largest absolute Gasteiger partial charge is 0.389 e. The second-order valence-electron chi connectivity index (χ2n) is 5.62. The van der Waals surface area contributed by atoms with Crippen LogP contribution in [0.15, 0.2) is 16.6 Å². The topological polar surface area (TPSA) is 41.3 Å². The molecule has 0 atom stereocenters. The first-order valence-electron chi connectivity index (χ1n) is 7.19.